The minimum atomic E-state index is -0.705. The minimum Gasteiger partial charge on any atom is -0.477 e. The van der Waals surface area contributed by atoms with Crippen LogP contribution < -0.4 is 0 Å². The third-order valence-corrected chi connectivity index (χ3v) is 7.18. The fraction of sp³-hybridized carbons (Fsp3) is 0.962. The van der Waals surface area contributed by atoms with Gasteiger partial charge in [0.25, 0.3) is 0 Å². The maximum absolute atomic E-state index is 12.3. The van der Waals surface area contributed by atoms with Gasteiger partial charge in [-0.1, -0.05) is 110 Å². The van der Waals surface area contributed by atoms with Crippen molar-refractivity contribution in [1.82, 2.24) is 0 Å². The van der Waals surface area contributed by atoms with Crippen molar-refractivity contribution >= 4 is 5.97 Å². The Balaban J connectivity index is 4.54. The summed E-state index contributed by atoms with van der Waals surface area (Å²) in [4.78, 5) is 12.3. The predicted octanol–water partition coefficient (Wildman–Crippen LogP) is 7.82. The highest BCUT2D eigenvalue weighted by molar-refractivity contribution is 5.77. The lowest BCUT2D eigenvalue weighted by atomic mass is 9.76. The molecule has 2 atom stereocenters. The average Bonchev–Trinajstić information content (AvgIpc) is 2.66. The van der Waals surface area contributed by atoms with E-state index in [1.165, 1.54) is 96.3 Å². The lowest BCUT2D eigenvalue weighted by Gasteiger charge is -2.45. The summed E-state index contributed by atoms with van der Waals surface area (Å²) in [6, 6.07) is 0. The van der Waals surface area contributed by atoms with Crippen LogP contribution >= 0.6 is 0 Å². The van der Waals surface area contributed by atoms with E-state index in [9.17, 15) is 9.90 Å². The molecule has 0 spiro atoms. The average molecular weight is 413 g/mol. The van der Waals surface area contributed by atoms with Gasteiger partial charge < -0.3 is 9.59 Å². The van der Waals surface area contributed by atoms with Crippen LogP contribution in [-0.4, -0.2) is 42.2 Å². The first-order valence-corrected chi connectivity index (χ1v) is 12.8. The Labute approximate surface area is 183 Å². The molecule has 0 aromatic carbocycles. The lowest BCUT2D eigenvalue weighted by molar-refractivity contribution is -0.916. The first-order chi connectivity index (χ1) is 13.7. The SMILES string of the molecule is CCCCCCCCCCCC(CCCCCCCC)C(C)(C(=O)O)[N+](C)(C)C. The number of aliphatic carboxylic acids is 1. The molecule has 0 aromatic rings. The number of carboxylic acids is 1. The van der Waals surface area contributed by atoms with Gasteiger partial charge in [0.1, 0.15) is 0 Å². The molecule has 29 heavy (non-hydrogen) atoms. The number of quaternary nitrogens is 1. The standard InChI is InChI=1S/C26H53NO2/c1-7-9-11-13-15-16-17-19-21-23-24(22-20-18-14-12-10-8-2)26(3,25(28)29)27(4,5)6/h24H,7-23H2,1-6H3/p+1. The first kappa shape index (κ1) is 28.4. The van der Waals surface area contributed by atoms with Crippen molar-refractivity contribution in [3.8, 4) is 0 Å². The van der Waals surface area contributed by atoms with Gasteiger partial charge in [-0.25, -0.2) is 4.79 Å². The second-order valence-electron chi connectivity index (χ2n) is 10.3. The zero-order chi connectivity index (χ0) is 22.2. The van der Waals surface area contributed by atoms with E-state index in [0.29, 0.717) is 4.48 Å². The van der Waals surface area contributed by atoms with Crippen LogP contribution in [0.3, 0.4) is 0 Å². The molecule has 0 fully saturated rings. The molecular formula is C26H54NO2+. The lowest BCUT2D eigenvalue weighted by Crippen LogP contribution is -2.64. The first-order valence-electron chi connectivity index (χ1n) is 12.8. The molecule has 1 N–H and O–H groups in total. The van der Waals surface area contributed by atoms with Crippen molar-refractivity contribution in [2.24, 2.45) is 5.92 Å². The molecule has 3 nitrogen and oxygen atoms in total. The van der Waals surface area contributed by atoms with Crippen molar-refractivity contribution in [2.75, 3.05) is 21.1 Å². The van der Waals surface area contributed by atoms with Crippen LogP contribution in [0.1, 0.15) is 130 Å². The van der Waals surface area contributed by atoms with Gasteiger partial charge in [0.05, 0.1) is 21.1 Å². The molecule has 174 valence electrons. The predicted molar refractivity (Wildman–Crippen MR) is 127 cm³/mol. The quantitative estimate of drug-likeness (QED) is 0.163. The molecule has 0 heterocycles. The highest BCUT2D eigenvalue weighted by atomic mass is 16.4. The Kier molecular flexibility index (Phi) is 15.8. The summed E-state index contributed by atoms with van der Waals surface area (Å²) < 4.78 is 0.500. The Bertz CT molecular complexity index is 402. The van der Waals surface area contributed by atoms with Crippen LogP contribution in [0.15, 0.2) is 0 Å². The maximum Gasteiger partial charge on any atom is 0.365 e. The molecular weight excluding hydrogens is 358 g/mol. The van der Waals surface area contributed by atoms with Crippen molar-refractivity contribution in [1.29, 1.82) is 0 Å². The van der Waals surface area contributed by atoms with Crippen LogP contribution in [0, 0.1) is 5.92 Å². The topological polar surface area (TPSA) is 37.3 Å². The van der Waals surface area contributed by atoms with E-state index in [4.69, 9.17) is 0 Å². The zero-order valence-corrected chi connectivity index (χ0v) is 20.9. The highest BCUT2D eigenvalue weighted by Crippen LogP contribution is 2.36. The number of rotatable bonds is 20. The number of hydrogen-bond donors (Lipinski definition) is 1. The summed E-state index contributed by atoms with van der Waals surface area (Å²) in [6.07, 6.45) is 21.7. The van der Waals surface area contributed by atoms with Crippen LogP contribution in [-0.2, 0) is 4.79 Å². The molecule has 0 rings (SSSR count). The third kappa shape index (κ3) is 11.4. The zero-order valence-electron chi connectivity index (χ0n) is 20.9. The summed E-state index contributed by atoms with van der Waals surface area (Å²) in [5, 5.41) is 10.1. The molecule has 0 bridgehead atoms. The van der Waals surface area contributed by atoms with E-state index in [2.05, 4.69) is 35.0 Å². The Morgan fingerprint density at radius 3 is 1.28 bits per heavy atom. The number of likely N-dealkylation sites (N-methyl/N-ethyl adjacent to an activating group) is 1. The molecule has 0 aliphatic carbocycles. The molecule has 2 unspecified atom stereocenters. The van der Waals surface area contributed by atoms with Gasteiger partial charge in [0.15, 0.2) is 5.54 Å². The number of unbranched alkanes of at least 4 members (excludes halogenated alkanes) is 13. The normalized spacial score (nSPS) is 15.2. The fourth-order valence-electron chi connectivity index (χ4n) is 4.59. The summed E-state index contributed by atoms with van der Waals surface area (Å²) in [5.41, 5.74) is -0.705. The van der Waals surface area contributed by atoms with Crippen LogP contribution in [0.25, 0.3) is 0 Å². The maximum atomic E-state index is 12.3. The monoisotopic (exact) mass is 412 g/mol. The summed E-state index contributed by atoms with van der Waals surface area (Å²) in [5.74, 6) is -0.368. The molecule has 0 aliphatic rings. The van der Waals surface area contributed by atoms with Crippen molar-refractivity contribution in [3.63, 3.8) is 0 Å². The van der Waals surface area contributed by atoms with Gasteiger partial charge in [-0.15, -0.1) is 0 Å². The van der Waals surface area contributed by atoms with Gasteiger partial charge in [-0.3, -0.25) is 0 Å². The van der Waals surface area contributed by atoms with Crippen LogP contribution in [0.2, 0.25) is 0 Å². The van der Waals surface area contributed by atoms with Crippen molar-refractivity contribution < 1.29 is 14.4 Å². The highest BCUT2D eigenvalue weighted by Gasteiger charge is 2.51. The fourth-order valence-corrected chi connectivity index (χ4v) is 4.59. The van der Waals surface area contributed by atoms with Gasteiger partial charge >= 0.3 is 5.97 Å². The summed E-state index contributed by atoms with van der Waals surface area (Å²) >= 11 is 0. The third-order valence-electron chi connectivity index (χ3n) is 7.18. The van der Waals surface area contributed by atoms with E-state index in [0.717, 1.165) is 12.8 Å². The van der Waals surface area contributed by atoms with Gasteiger partial charge in [0.2, 0.25) is 0 Å². The molecule has 0 amide bonds. The second-order valence-corrected chi connectivity index (χ2v) is 10.3. The molecule has 0 saturated carbocycles. The van der Waals surface area contributed by atoms with Gasteiger partial charge in [-0.05, 0) is 12.8 Å². The van der Waals surface area contributed by atoms with Gasteiger partial charge in [-0.2, -0.15) is 0 Å². The van der Waals surface area contributed by atoms with Crippen molar-refractivity contribution in [3.05, 3.63) is 0 Å². The summed E-state index contributed by atoms with van der Waals surface area (Å²) in [7, 11) is 6.16. The number of nitrogens with zero attached hydrogens (tertiary/aromatic N) is 1. The van der Waals surface area contributed by atoms with Gasteiger partial charge in [0, 0.05) is 12.8 Å². The van der Waals surface area contributed by atoms with E-state index < -0.39 is 11.5 Å². The Morgan fingerprint density at radius 1 is 0.690 bits per heavy atom. The molecule has 0 aliphatic heterocycles. The molecule has 0 radical (unpaired) electrons. The number of carbonyl (C=O) groups is 1. The minimum absolute atomic E-state index is 0.260. The van der Waals surface area contributed by atoms with E-state index >= 15 is 0 Å². The second kappa shape index (κ2) is 16.2. The largest absolute Gasteiger partial charge is 0.477 e. The van der Waals surface area contributed by atoms with Crippen LogP contribution in [0.4, 0.5) is 0 Å². The number of carboxylic acid groups (broad SMARTS) is 1. The summed E-state index contributed by atoms with van der Waals surface area (Å²) in [6.45, 7) is 6.51. The molecule has 0 aromatic heterocycles. The Morgan fingerprint density at radius 2 is 1.00 bits per heavy atom. The molecule has 3 heteroatoms. The van der Waals surface area contributed by atoms with E-state index in [1.54, 1.807) is 0 Å². The number of hydrogen-bond acceptors (Lipinski definition) is 1. The van der Waals surface area contributed by atoms with Crippen molar-refractivity contribution in [2.45, 2.75) is 135 Å². The molecule has 0 saturated heterocycles. The van der Waals surface area contributed by atoms with E-state index in [1.807, 2.05) is 6.92 Å². The Hall–Kier alpha value is -0.570. The smallest absolute Gasteiger partial charge is 0.365 e. The van der Waals surface area contributed by atoms with Crippen LogP contribution in [0.5, 0.6) is 0 Å². The van der Waals surface area contributed by atoms with E-state index in [-0.39, 0.29) is 5.92 Å².